The normalized spacial score (nSPS) is 10.8. The molecule has 0 fully saturated rings. The van der Waals surface area contributed by atoms with Crippen LogP contribution in [0.3, 0.4) is 0 Å². The molecule has 8 nitrogen and oxygen atoms in total. The van der Waals surface area contributed by atoms with E-state index in [1.807, 2.05) is 13.1 Å². The lowest BCUT2D eigenvalue weighted by Gasteiger charge is -2.05. The van der Waals surface area contributed by atoms with Crippen LogP contribution in [0.5, 0.6) is 0 Å². The highest BCUT2D eigenvalue weighted by atomic mass is 16.6. The number of nitrogens with zero attached hydrogens (tertiary/aromatic N) is 4. The zero-order valence-electron chi connectivity index (χ0n) is 11.8. The first-order chi connectivity index (χ1) is 9.50. The van der Waals surface area contributed by atoms with Crippen molar-refractivity contribution >= 4 is 11.5 Å². The highest BCUT2D eigenvalue weighted by molar-refractivity contribution is 5.59. The summed E-state index contributed by atoms with van der Waals surface area (Å²) in [6, 6.07) is 0. The first kappa shape index (κ1) is 14.0. The quantitative estimate of drug-likeness (QED) is 0.476. The topological polar surface area (TPSA) is 102 Å². The molecule has 0 saturated heterocycles. The molecule has 0 amide bonds. The van der Waals surface area contributed by atoms with Crippen LogP contribution >= 0.6 is 0 Å². The predicted octanol–water partition coefficient (Wildman–Crippen LogP) is 1.71. The molecular weight excluding hydrogens is 260 g/mol. The summed E-state index contributed by atoms with van der Waals surface area (Å²) < 4.78 is 1.51. The number of H-pyrrole nitrogens is 1. The third-order valence-electron chi connectivity index (χ3n) is 3.22. The van der Waals surface area contributed by atoms with Crippen LogP contribution in [0.1, 0.15) is 23.4 Å². The summed E-state index contributed by atoms with van der Waals surface area (Å²) in [5.74, 6) is 0.455. The third kappa shape index (κ3) is 2.79. The maximum Gasteiger partial charge on any atom is 0.333 e. The van der Waals surface area contributed by atoms with Crippen LogP contribution < -0.4 is 5.32 Å². The van der Waals surface area contributed by atoms with Gasteiger partial charge in [0.15, 0.2) is 0 Å². The van der Waals surface area contributed by atoms with Gasteiger partial charge in [0.2, 0.25) is 5.82 Å². The Morgan fingerprint density at radius 3 is 2.85 bits per heavy atom. The molecule has 0 aromatic carbocycles. The Kier molecular flexibility index (Phi) is 4.02. The molecule has 0 radical (unpaired) electrons. The Morgan fingerprint density at radius 2 is 2.25 bits per heavy atom. The van der Waals surface area contributed by atoms with Gasteiger partial charge in [0.05, 0.1) is 11.1 Å². The Balaban J connectivity index is 1.95. The molecule has 2 N–H and O–H groups in total. The number of aromatic amines is 1. The van der Waals surface area contributed by atoms with Crippen LogP contribution in [0.15, 0.2) is 6.20 Å². The van der Waals surface area contributed by atoms with Crippen LogP contribution in [0.2, 0.25) is 0 Å². The molecule has 2 aromatic rings. The Bertz CT molecular complexity index is 615. The van der Waals surface area contributed by atoms with E-state index in [0.29, 0.717) is 18.1 Å². The average molecular weight is 278 g/mol. The van der Waals surface area contributed by atoms with E-state index in [1.54, 1.807) is 14.0 Å². The smallest absolute Gasteiger partial charge is 0.333 e. The lowest BCUT2D eigenvalue weighted by atomic mass is 10.1. The predicted molar refractivity (Wildman–Crippen MR) is 74.7 cm³/mol. The van der Waals surface area contributed by atoms with Gasteiger partial charge in [0.1, 0.15) is 5.69 Å². The van der Waals surface area contributed by atoms with E-state index in [0.717, 1.165) is 18.5 Å². The lowest BCUT2D eigenvalue weighted by molar-refractivity contribution is -0.384. The van der Waals surface area contributed by atoms with E-state index in [9.17, 15) is 10.1 Å². The van der Waals surface area contributed by atoms with E-state index < -0.39 is 4.92 Å². The molecule has 0 unspecified atom stereocenters. The minimum atomic E-state index is -0.398. The molecule has 0 aliphatic heterocycles. The number of rotatable bonds is 6. The average Bonchev–Trinajstić information content (AvgIpc) is 2.89. The fourth-order valence-corrected chi connectivity index (χ4v) is 2.18. The number of nitrogens with one attached hydrogen (secondary N) is 2. The van der Waals surface area contributed by atoms with Crippen molar-refractivity contribution < 1.29 is 4.92 Å². The van der Waals surface area contributed by atoms with Gasteiger partial charge in [-0.25, -0.2) is 4.68 Å². The maximum atomic E-state index is 11.0. The minimum absolute atomic E-state index is 0.0481. The van der Waals surface area contributed by atoms with Gasteiger partial charge in [0, 0.05) is 19.3 Å². The number of aryl methyl sites for hydroxylation is 4. The molecule has 2 aromatic heterocycles. The molecule has 20 heavy (non-hydrogen) atoms. The number of hydrogen-bond donors (Lipinski definition) is 2. The summed E-state index contributed by atoms with van der Waals surface area (Å²) in [6.07, 6.45) is 3.55. The second kappa shape index (κ2) is 5.72. The summed E-state index contributed by atoms with van der Waals surface area (Å²) in [7, 11) is 1.70. The fourth-order valence-electron chi connectivity index (χ4n) is 2.18. The summed E-state index contributed by atoms with van der Waals surface area (Å²) >= 11 is 0. The highest BCUT2D eigenvalue weighted by Crippen LogP contribution is 2.27. The van der Waals surface area contributed by atoms with E-state index >= 15 is 0 Å². The molecular formula is C12H18N6O2. The van der Waals surface area contributed by atoms with Gasteiger partial charge in [-0.1, -0.05) is 0 Å². The summed E-state index contributed by atoms with van der Waals surface area (Å²) in [4.78, 5) is 10.6. The molecule has 0 aliphatic rings. The van der Waals surface area contributed by atoms with Gasteiger partial charge in [-0.3, -0.25) is 15.2 Å². The van der Waals surface area contributed by atoms with Gasteiger partial charge in [-0.2, -0.15) is 10.2 Å². The molecule has 2 heterocycles. The summed E-state index contributed by atoms with van der Waals surface area (Å²) in [5, 5.41) is 25.0. The van der Waals surface area contributed by atoms with Crippen LogP contribution in [0.4, 0.5) is 11.5 Å². The largest absolute Gasteiger partial charge is 0.365 e. The Hall–Kier alpha value is -2.38. The van der Waals surface area contributed by atoms with Crippen molar-refractivity contribution in [1.29, 1.82) is 0 Å². The van der Waals surface area contributed by atoms with Gasteiger partial charge < -0.3 is 5.32 Å². The minimum Gasteiger partial charge on any atom is -0.365 e. The number of hydrogen-bond acceptors (Lipinski definition) is 5. The van der Waals surface area contributed by atoms with Crippen molar-refractivity contribution in [2.24, 2.45) is 7.05 Å². The van der Waals surface area contributed by atoms with Crippen molar-refractivity contribution in [3.63, 3.8) is 0 Å². The van der Waals surface area contributed by atoms with Crippen molar-refractivity contribution in [2.45, 2.75) is 26.7 Å². The van der Waals surface area contributed by atoms with Crippen LogP contribution in [0, 0.1) is 24.0 Å². The van der Waals surface area contributed by atoms with E-state index in [1.165, 1.54) is 10.2 Å². The zero-order chi connectivity index (χ0) is 14.7. The molecule has 0 spiro atoms. The molecule has 0 bridgehead atoms. The van der Waals surface area contributed by atoms with E-state index in [-0.39, 0.29) is 5.69 Å². The molecule has 0 aliphatic carbocycles. The van der Waals surface area contributed by atoms with Gasteiger partial charge in [0.25, 0.3) is 0 Å². The van der Waals surface area contributed by atoms with Gasteiger partial charge in [-0.05, 0) is 32.3 Å². The lowest BCUT2D eigenvalue weighted by Crippen LogP contribution is -2.08. The second-order valence-corrected chi connectivity index (χ2v) is 4.71. The number of aromatic nitrogens is 4. The Labute approximate surface area is 116 Å². The van der Waals surface area contributed by atoms with Crippen molar-refractivity contribution in [1.82, 2.24) is 20.0 Å². The van der Waals surface area contributed by atoms with E-state index in [2.05, 4.69) is 20.6 Å². The third-order valence-corrected chi connectivity index (χ3v) is 3.22. The first-order valence-electron chi connectivity index (χ1n) is 6.41. The molecule has 0 saturated carbocycles. The van der Waals surface area contributed by atoms with Gasteiger partial charge >= 0.3 is 5.69 Å². The van der Waals surface area contributed by atoms with Crippen molar-refractivity contribution in [2.75, 3.05) is 11.9 Å². The molecule has 108 valence electrons. The highest BCUT2D eigenvalue weighted by Gasteiger charge is 2.23. The van der Waals surface area contributed by atoms with Crippen LogP contribution in [-0.2, 0) is 13.5 Å². The van der Waals surface area contributed by atoms with Crippen LogP contribution in [-0.4, -0.2) is 31.4 Å². The van der Waals surface area contributed by atoms with Crippen LogP contribution in [0.25, 0.3) is 0 Å². The number of nitro groups is 1. The number of anilines is 1. The molecule has 0 atom stereocenters. The summed E-state index contributed by atoms with van der Waals surface area (Å²) in [5.41, 5.74) is 2.70. The fraction of sp³-hybridized carbons (Fsp3) is 0.500. The first-order valence-corrected chi connectivity index (χ1v) is 6.41. The summed E-state index contributed by atoms with van der Waals surface area (Å²) in [6.45, 7) is 4.26. The van der Waals surface area contributed by atoms with Gasteiger partial charge in [-0.15, -0.1) is 0 Å². The van der Waals surface area contributed by atoms with E-state index in [4.69, 9.17) is 0 Å². The molecule has 8 heteroatoms. The monoisotopic (exact) mass is 278 g/mol. The zero-order valence-corrected chi connectivity index (χ0v) is 11.8. The second-order valence-electron chi connectivity index (χ2n) is 4.71. The van der Waals surface area contributed by atoms with Crippen molar-refractivity contribution in [3.8, 4) is 0 Å². The maximum absolute atomic E-state index is 11.0. The van der Waals surface area contributed by atoms with Crippen molar-refractivity contribution in [3.05, 3.63) is 33.3 Å². The molecule has 2 rings (SSSR count). The SMILES string of the molecule is Cc1nn(C)c(NCCCc2cn[nH]c2C)c1[N+](=O)[O-]. The Morgan fingerprint density at radius 1 is 1.50 bits per heavy atom. The standard InChI is InChI=1S/C12H18N6O2/c1-8-10(7-14-15-8)5-4-6-13-12-11(18(19)20)9(2)16-17(12)3/h7,13H,4-6H2,1-3H3,(H,14,15).